The van der Waals surface area contributed by atoms with Gasteiger partial charge < -0.3 is 4.13 Å². The molecule has 10 heavy (non-hydrogen) atoms. The van der Waals surface area contributed by atoms with E-state index in [1.165, 1.54) is 0 Å². The maximum absolute atomic E-state index is 11.3. The van der Waals surface area contributed by atoms with E-state index in [9.17, 15) is 25.1 Å². The first-order chi connectivity index (χ1) is 4.27. The highest BCUT2D eigenvalue weighted by Crippen LogP contribution is 2.11. The second kappa shape index (κ2) is 2.76. The Balaban J connectivity index is 4.49. The number of hydrogen-bond donors (Lipinski definition) is 0. The van der Waals surface area contributed by atoms with E-state index in [2.05, 4.69) is 0 Å². The van der Waals surface area contributed by atoms with Gasteiger partial charge in [0.2, 0.25) is 10.4 Å². The third-order valence-corrected chi connectivity index (χ3v) is 2.24. The molecule has 0 unspecified atom stereocenters. The monoisotopic (exact) mass is 194 g/mol. The SMILES string of the molecule is O=S(=O)(F)[N-]S(=O)(=O)CF. The van der Waals surface area contributed by atoms with Crippen molar-refractivity contribution < 1.29 is 25.1 Å². The van der Waals surface area contributed by atoms with Crippen molar-refractivity contribution in [1.29, 1.82) is 0 Å². The second-order valence-corrected chi connectivity index (χ2v) is 3.98. The van der Waals surface area contributed by atoms with Crippen LogP contribution in [0.25, 0.3) is 4.13 Å². The average Bonchev–Trinajstić information content (AvgIpc) is 1.60. The zero-order chi connectivity index (χ0) is 8.41. The van der Waals surface area contributed by atoms with Gasteiger partial charge in [-0.15, -0.1) is 3.89 Å². The van der Waals surface area contributed by atoms with Crippen molar-refractivity contribution >= 4 is 20.4 Å². The molecule has 0 aromatic heterocycles. The Labute approximate surface area is 56.4 Å². The van der Waals surface area contributed by atoms with E-state index < -0.39 is 26.4 Å². The van der Waals surface area contributed by atoms with Crippen molar-refractivity contribution in [2.24, 2.45) is 0 Å². The van der Waals surface area contributed by atoms with E-state index in [4.69, 9.17) is 0 Å². The maximum Gasteiger partial charge on any atom is 0.239 e. The third-order valence-electron chi connectivity index (χ3n) is 0.340. The van der Waals surface area contributed by atoms with Crippen molar-refractivity contribution in [1.82, 2.24) is 0 Å². The van der Waals surface area contributed by atoms with Crippen molar-refractivity contribution in [3.05, 3.63) is 4.13 Å². The van der Waals surface area contributed by atoms with E-state index in [0.717, 1.165) is 0 Å². The third kappa shape index (κ3) is 4.58. The summed E-state index contributed by atoms with van der Waals surface area (Å²) in [5, 5.41) is 0. The lowest BCUT2D eigenvalue weighted by Gasteiger charge is -2.09. The fourth-order valence-corrected chi connectivity index (χ4v) is 1.40. The van der Waals surface area contributed by atoms with Crippen LogP contribution in [0.15, 0.2) is 0 Å². The van der Waals surface area contributed by atoms with Crippen LogP contribution in [0.4, 0.5) is 8.28 Å². The molecule has 0 bridgehead atoms. The first-order valence-corrected chi connectivity index (χ1v) is 4.69. The molecule has 62 valence electrons. The van der Waals surface area contributed by atoms with Gasteiger partial charge in [0, 0.05) is 0 Å². The van der Waals surface area contributed by atoms with Gasteiger partial charge in [0.15, 0.2) is 6.01 Å². The van der Waals surface area contributed by atoms with Gasteiger partial charge in [-0.2, -0.15) is 0 Å². The molecule has 0 heterocycles. The summed E-state index contributed by atoms with van der Waals surface area (Å²) in [5.74, 6) is 0. The van der Waals surface area contributed by atoms with Gasteiger partial charge in [0.1, 0.15) is 10.0 Å². The number of hydrogen-bond acceptors (Lipinski definition) is 4. The lowest BCUT2D eigenvalue weighted by Crippen LogP contribution is -2.03. The molecule has 0 amide bonds. The number of nitrogens with zero attached hydrogens (tertiary/aromatic N) is 1. The van der Waals surface area contributed by atoms with Gasteiger partial charge in [0.25, 0.3) is 0 Å². The van der Waals surface area contributed by atoms with Crippen LogP contribution in [-0.2, 0) is 20.4 Å². The van der Waals surface area contributed by atoms with Crippen LogP contribution in [0.1, 0.15) is 0 Å². The minimum Gasteiger partial charge on any atom is -0.405 e. The summed E-state index contributed by atoms with van der Waals surface area (Å²) in [5.41, 5.74) is 0. The lowest BCUT2D eigenvalue weighted by atomic mass is 11.8. The van der Waals surface area contributed by atoms with E-state index in [1.54, 1.807) is 4.13 Å². The molecule has 0 aliphatic heterocycles. The summed E-state index contributed by atoms with van der Waals surface area (Å²) in [4.78, 5) is 0. The predicted molar refractivity (Wildman–Crippen MR) is 28.3 cm³/mol. The summed E-state index contributed by atoms with van der Waals surface area (Å²) >= 11 is 0. The molecular formula is CH2F2NO4S2-. The molecule has 0 saturated carbocycles. The fourth-order valence-electron chi connectivity index (χ4n) is 0.156. The van der Waals surface area contributed by atoms with E-state index in [1.807, 2.05) is 0 Å². The van der Waals surface area contributed by atoms with Gasteiger partial charge in [-0.25, -0.2) is 21.2 Å². The van der Waals surface area contributed by atoms with Crippen molar-refractivity contribution in [2.45, 2.75) is 0 Å². The molecule has 0 aromatic rings. The van der Waals surface area contributed by atoms with Crippen molar-refractivity contribution in [3.8, 4) is 0 Å². The molecule has 9 heteroatoms. The van der Waals surface area contributed by atoms with Crippen LogP contribution < -0.4 is 0 Å². The first-order valence-electron chi connectivity index (χ1n) is 1.74. The Morgan fingerprint density at radius 1 is 1.20 bits per heavy atom. The molecule has 5 nitrogen and oxygen atoms in total. The molecule has 0 rings (SSSR count). The molecule has 0 atom stereocenters. The molecule has 0 aromatic carbocycles. The van der Waals surface area contributed by atoms with Gasteiger partial charge in [0.05, 0.1) is 0 Å². The fraction of sp³-hybridized carbons (Fsp3) is 1.00. The van der Waals surface area contributed by atoms with Crippen LogP contribution in [0.3, 0.4) is 0 Å². The molecule has 0 N–H and O–H groups in total. The minimum absolute atomic E-state index is 1.56. The lowest BCUT2D eigenvalue weighted by molar-refractivity contribution is 0.537. The predicted octanol–water partition coefficient (Wildman–Crippen LogP) is -0.169. The van der Waals surface area contributed by atoms with Crippen LogP contribution in [0, 0.1) is 0 Å². The van der Waals surface area contributed by atoms with Gasteiger partial charge in [-0.1, -0.05) is 0 Å². The van der Waals surface area contributed by atoms with Gasteiger partial charge in [-0.05, 0) is 0 Å². The first kappa shape index (κ1) is 9.72. The van der Waals surface area contributed by atoms with Crippen molar-refractivity contribution in [3.63, 3.8) is 0 Å². The Hall–Kier alpha value is -0.280. The molecule has 0 aliphatic rings. The Bertz CT molecular complexity index is 289. The van der Waals surface area contributed by atoms with E-state index >= 15 is 0 Å². The Kier molecular flexibility index (Phi) is 2.68. The summed E-state index contributed by atoms with van der Waals surface area (Å²) < 4.78 is 62.6. The zero-order valence-corrected chi connectivity index (χ0v) is 5.99. The molecule has 0 aliphatic carbocycles. The topological polar surface area (TPSA) is 82.4 Å². The summed E-state index contributed by atoms with van der Waals surface area (Å²) in [6.07, 6.45) is 0. The molecule has 0 radical (unpaired) electrons. The largest absolute Gasteiger partial charge is 0.405 e. The molecule has 0 saturated heterocycles. The normalized spacial score (nSPS) is 13.4. The van der Waals surface area contributed by atoms with Crippen LogP contribution in [-0.4, -0.2) is 22.8 Å². The second-order valence-electron chi connectivity index (χ2n) is 1.18. The number of halogens is 2. The Morgan fingerprint density at radius 2 is 1.60 bits per heavy atom. The highest BCUT2D eigenvalue weighted by molar-refractivity contribution is 8.10. The van der Waals surface area contributed by atoms with E-state index in [-0.39, 0.29) is 0 Å². The number of sulfonamides is 1. The van der Waals surface area contributed by atoms with Gasteiger partial charge in [-0.3, -0.25) is 0 Å². The van der Waals surface area contributed by atoms with Gasteiger partial charge >= 0.3 is 0 Å². The quantitative estimate of drug-likeness (QED) is 0.584. The summed E-state index contributed by atoms with van der Waals surface area (Å²) in [7, 11) is -10.3. The maximum atomic E-state index is 11.3. The zero-order valence-electron chi connectivity index (χ0n) is 4.36. The number of rotatable bonds is 3. The van der Waals surface area contributed by atoms with Crippen LogP contribution in [0.5, 0.6) is 0 Å². The average molecular weight is 194 g/mol. The molecule has 0 fully saturated rings. The van der Waals surface area contributed by atoms with Crippen molar-refractivity contribution in [2.75, 3.05) is 6.01 Å². The molecule has 0 spiro atoms. The van der Waals surface area contributed by atoms with Crippen LogP contribution in [0.2, 0.25) is 0 Å². The van der Waals surface area contributed by atoms with E-state index in [0.29, 0.717) is 0 Å². The smallest absolute Gasteiger partial charge is 0.239 e. The summed E-state index contributed by atoms with van der Waals surface area (Å²) in [6, 6.07) is -2.03. The van der Waals surface area contributed by atoms with Crippen LogP contribution >= 0.6 is 0 Å². The highest BCUT2D eigenvalue weighted by Gasteiger charge is 2.03. The standard InChI is InChI=1S/CH2F2NO4S2/c2-1-9(5,6)4-10(3,7)8/h1H2/q-1. The summed E-state index contributed by atoms with van der Waals surface area (Å²) in [6.45, 7) is 0. The highest BCUT2D eigenvalue weighted by atomic mass is 32.3. The minimum atomic E-state index is -5.50. The Morgan fingerprint density at radius 3 is 1.70 bits per heavy atom. The molecular weight excluding hydrogens is 192 g/mol. The number of alkyl halides is 1.